The molecule has 2 heterocycles. The van der Waals surface area contributed by atoms with Crippen molar-refractivity contribution >= 4 is 39.5 Å². The fraction of sp³-hybridized carbons (Fsp3) is 0.474. The third-order valence-corrected chi connectivity index (χ3v) is 6.79. The second kappa shape index (κ2) is 9.54. The number of nitrogens with zero attached hydrogens (tertiary/aromatic N) is 3. The lowest BCUT2D eigenvalue weighted by atomic mass is 10.3. The molecule has 31 heavy (non-hydrogen) atoms. The molecule has 12 heteroatoms. The first kappa shape index (κ1) is 22.8. The summed E-state index contributed by atoms with van der Waals surface area (Å²) in [6, 6.07) is 4.85. The zero-order valence-electron chi connectivity index (χ0n) is 17.1. The molecule has 2 fully saturated rings. The normalized spacial score (nSPS) is 18.0. The van der Waals surface area contributed by atoms with E-state index in [0.717, 1.165) is 11.3 Å². The largest absolute Gasteiger partial charge is 0.379 e. The molecule has 1 N–H and O–H groups in total. The number of imide groups is 2. The van der Waals surface area contributed by atoms with Crippen molar-refractivity contribution in [3.63, 3.8) is 0 Å². The summed E-state index contributed by atoms with van der Waals surface area (Å²) in [5, 5.41) is 2.48. The number of rotatable bonds is 8. The lowest BCUT2D eigenvalue weighted by Gasteiger charge is -2.26. The van der Waals surface area contributed by atoms with E-state index in [1.165, 1.54) is 28.6 Å². The van der Waals surface area contributed by atoms with E-state index >= 15 is 0 Å². The van der Waals surface area contributed by atoms with Gasteiger partial charge in [-0.3, -0.25) is 19.3 Å². The molecule has 0 bridgehead atoms. The molecule has 11 nitrogen and oxygen atoms in total. The highest BCUT2D eigenvalue weighted by molar-refractivity contribution is 7.89. The minimum atomic E-state index is -3.75. The summed E-state index contributed by atoms with van der Waals surface area (Å²) in [7, 11) is -3.75. The Labute approximate surface area is 180 Å². The number of hydrogen-bond acceptors (Lipinski definition) is 7. The maximum atomic E-state index is 12.8. The maximum absolute atomic E-state index is 12.8. The van der Waals surface area contributed by atoms with Gasteiger partial charge in [-0.15, -0.1) is 0 Å². The van der Waals surface area contributed by atoms with Crippen LogP contribution in [0.3, 0.4) is 0 Å². The fourth-order valence-corrected chi connectivity index (χ4v) is 4.67. The lowest BCUT2D eigenvalue weighted by molar-refractivity contribution is -0.143. The topological polar surface area (TPSA) is 133 Å². The van der Waals surface area contributed by atoms with E-state index in [4.69, 9.17) is 4.74 Å². The van der Waals surface area contributed by atoms with E-state index in [0.29, 0.717) is 24.5 Å². The van der Waals surface area contributed by atoms with Crippen LogP contribution in [0.1, 0.15) is 19.8 Å². The molecule has 1 aromatic carbocycles. The number of unbranched alkanes of at least 4 members (excludes halogenated alkanes) is 1. The second-order valence-corrected chi connectivity index (χ2v) is 9.01. The van der Waals surface area contributed by atoms with Gasteiger partial charge in [0.05, 0.1) is 18.1 Å². The van der Waals surface area contributed by atoms with E-state index in [1.807, 2.05) is 6.92 Å². The summed E-state index contributed by atoms with van der Waals surface area (Å²) in [6.45, 7) is 2.43. The summed E-state index contributed by atoms with van der Waals surface area (Å²) in [4.78, 5) is 50.2. The standard InChI is InChI=1S/C19H24N4O7S/c1-2-3-7-22-17(25)18(26)23(19(22)27)13-16(24)20-14-5-4-6-15(12-14)31(28,29)21-8-10-30-11-9-21/h4-6,12H,2-3,7-11,13H2,1H3,(H,20,24). The summed E-state index contributed by atoms with van der Waals surface area (Å²) in [6.07, 6.45) is 1.28. The second-order valence-electron chi connectivity index (χ2n) is 7.08. The van der Waals surface area contributed by atoms with Crippen molar-refractivity contribution < 1.29 is 32.3 Å². The molecule has 0 aromatic heterocycles. The summed E-state index contributed by atoms with van der Waals surface area (Å²) < 4.78 is 32.0. The number of carbonyl (C=O) groups is 4. The zero-order chi connectivity index (χ0) is 22.6. The van der Waals surface area contributed by atoms with Gasteiger partial charge in [0.1, 0.15) is 6.54 Å². The van der Waals surface area contributed by atoms with Crippen LogP contribution in [0.4, 0.5) is 10.5 Å². The van der Waals surface area contributed by atoms with E-state index in [-0.39, 0.29) is 30.2 Å². The van der Waals surface area contributed by atoms with Crippen molar-refractivity contribution in [3.8, 4) is 0 Å². The first-order chi connectivity index (χ1) is 14.8. The van der Waals surface area contributed by atoms with E-state index in [2.05, 4.69) is 5.32 Å². The average molecular weight is 452 g/mol. The Balaban J connectivity index is 1.67. The molecular formula is C19H24N4O7S. The lowest BCUT2D eigenvalue weighted by Crippen LogP contribution is -2.40. The van der Waals surface area contributed by atoms with Crippen LogP contribution in [0.5, 0.6) is 0 Å². The Hall–Kier alpha value is -2.83. The third-order valence-electron chi connectivity index (χ3n) is 4.90. The highest BCUT2D eigenvalue weighted by Crippen LogP contribution is 2.21. The Morgan fingerprint density at radius 2 is 1.77 bits per heavy atom. The molecule has 2 aliphatic rings. The summed E-state index contributed by atoms with van der Waals surface area (Å²) in [5.74, 6) is -2.74. The zero-order valence-corrected chi connectivity index (χ0v) is 17.9. The number of ether oxygens (including phenoxy) is 1. The third kappa shape index (κ3) is 4.92. The van der Waals surface area contributed by atoms with Crippen LogP contribution in [0.25, 0.3) is 0 Å². The van der Waals surface area contributed by atoms with Crippen molar-refractivity contribution in [2.45, 2.75) is 24.7 Å². The highest BCUT2D eigenvalue weighted by atomic mass is 32.2. The molecule has 1 aromatic rings. The molecule has 168 valence electrons. The summed E-state index contributed by atoms with van der Waals surface area (Å²) in [5.41, 5.74) is 0.188. The maximum Gasteiger partial charge on any atom is 0.334 e. The number of urea groups is 1. The Bertz CT molecular complexity index is 989. The van der Waals surface area contributed by atoms with Crippen LogP contribution in [-0.2, 0) is 29.1 Å². The number of sulfonamides is 1. The van der Waals surface area contributed by atoms with Crippen LogP contribution in [-0.4, -0.2) is 85.7 Å². The number of amides is 5. The molecule has 0 saturated carbocycles. The molecule has 0 spiro atoms. The number of benzene rings is 1. The molecule has 0 aliphatic carbocycles. The molecule has 3 rings (SSSR count). The van der Waals surface area contributed by atoms with Crippen molar-refractivity contribution in [2.75, 3.05) is 44.7 Å². The van der Waals surface area contributed by atoms with Gasteiger partial charge in [-0.2, -0.15) is 4.31 Å². The van der Waals surface area contributed by atoms with Gasteiger partial charge in [0, 0.05) is 25.3 Å². The fourth-order valence-electron chi connectivity index (χ4n) is 3.22. The van der Waals surface area contributed by atoms with Gasteiger partial charge in [0.25, 0.3) is 0 Å². The van der Waals surface area contributed by atoms with Gasteiger partial charge in [-0.05, 0) is 24.6 Å². The number of morpholine rings is 1. The number of hydrogen-bond donors (Lipinski definition) is 1. The first-order valence-electron chi connectivity index (χ1n) is 9.91. The van der Waals surface area contributed by atoms with Crippen molar-refractivity contribution in [3.05, 3.63) is 24.3 Å². The minimum absolute atomic E-state index is 0.00134. The van der Waals surface area contributed by atoms with Gasteiger partial charge >= 0.3 is 17.8 Å². The minimum Gasteiger partial charge on any atom is -0.379 e. The van der Waals surface area contributed by atoms with Crippen LogP contribution < -0.4 is 5.32 Å². The molecule has 2 aliphatic heterocycles. The van der Waals surface area contributed by atoms with Gasteiger partial charge < -0.3 is 10.1 Å². The van der Waals surface area contributed by atoms with Crippen molar-refractivity contribution in [1.29, 1.82) is 0 Å². The van der Waals surface area contributed by atoms with Gasteiger partial charge in [-0.25, -0.2) is 18.1 Å². The monoisotopic (exact) mass is 452 g/mol. The molecule has 0 radical (unpaired) electrons. The number of carbonyl (C=O) groups excluding carboxylic acids is 4. The van der Waals surface area contributed by atoms with Crippen molar-refractivity contribution in [1.82, 2.24) is 14.1 Å². The molecular weight excluding hydrogens is 428 g/mol. The Kier molecular flexibility index (Phi) is 7.03. The van der Waals surface area contributed by atoms with Gasteiger partial charge in [0.15, 0.2) is 0 Å². The number of nitrogens with one attached hydrogen (secondary N) is 1. The van der Waals surface area contributed by atoms with Crippen LogP contribution in [0, 0.1) is 0 Å². The Morgan fingerprint density at radius 1 is 1.10 bits per heavy atom. The quantitative estimate of drug-likeness (QED) is 0.441. The SMILES string of the molecule is CCCCN1C(=O)C(=O)N(CC(=O)Nc2cccc(S(=O)(=O)N3CCOCC3)c2)C1=O. The van der Waals surface area contributed by atoms with Crippen LogP contribution in [0.2, 0.25) is 0 Å². The van der Waals surface area contributed by atoms with Gasteiger partial charge in [0.2, 0.25) is 15.9 Å². The van der Waals surface area contributed by atoms with Crippen LogP contribution >= 0.6 is 0 Å². The van der Waals surface area contributed by atoms with Crippen LogP contribution in [0.15, 0.2) is 29.2 Å². The molecule has 5 amide bonds. The average Bonchev–Trinajstić information content (AvgIpc) is 2.96. The first-order valence-corrected chi connectivity index (χ1v) is 11.3. The van der Waals surface area contributed by atoms with E-state index < -0.39 is 40.3 Å². The molecule has 0 unspecified atom stereocenters. The predicted octanol–water partition coefficient (Wildman–Crippen LogP) is 0.237. The van der Waals surface area contributed by atoms with E-state index in [1.54, 1.807) is 0 Å². The molecule has 2 saturated heterocycles. The smallest absolute Gasteiger partial charge is 0.334 e. The van der Waals surface area contributed by atoms with Gasteiger partial charge in [-0.1, -0.05) is 19.4 Å². The predicted molar refractivity (Wildman–Crippen MR) is 108 cm³/mol. The van der Waals surface area contributed by atoms with E-state index in [9.17, 15) is 27.6 Å². The molecule has 0 atom stereocenters. The van der Waals surface area contributed by atoms with Crippen molar-refractivity contribution in [2.24, 2.45) is 0 Å². The highest BCUT2D eigenvalue weighted by Gasteiger charge is 2.44. The Morgan fingerprint density at radius 3 is 2.45 bits per heavy atom. The summed E-state index contributed by atoms with van der Waals surface area (Å²) >= 11 is 0. The number of anilines is 1.